The summed E-state index contributed by atoms with van der Waals surface area (Å²) < 4.78 is 0. The molecule has 2 heterocycles. The largest absolute Gasteiger partial charge is 0.383 e. The number of anilines is 4. The first kappa shape index (κ1) is 29.5. The monoisotopic (exact) mass is 635 g/mol. The van der Waals surface area contributed by atoms with E-state index in [1.807, 2.05) is 0 Å². The lowest BCUT2D eigenvalue weighted by Crippen LogP contribution is -2.04. The molecule has 17 heteroatoms. The van der Waals surface area contributed by atoms with Crippen molar-refractivity contribution in [2.24, 2.45) is 0 Å². The number of halogens is 6. The lowest BCUT2D eigenvalue weighted by Gasteiger charge is -2.12. The smallest absolute Gasteiger partial charge is 0.307 e. The molecule has 0 unspecified atom stereocenters. The standard InChI is InChI=1S/C11H9Cl3N4.C10H6Cl3N5O2/c1-4-8(10(15)18-11(16)17-4)6-2-5(12)3-7(13)9(6)14;11-5-1-3(4-2-16-10(15)17-9(4)14)6(12)7(13)8(5)18(19)20/h2-3H,1H3,(H4,15,16,17,18);1-2H,(H4,14,15,16,17). The Balaban J connectivity index is 0.000000212. The first-order valence-corrected chi connectivity index (χ1v) is 12.2. The summed E-state index contributed by atoms with van der Waals surface area (Å²) in [4.78, 5) is 25.7. The van der Waals surface area contributed by atoms with E-state index >= 15 is 0 Å². The van der Waals surface area contributed by atoms with Crippen molar-refractivity contribution in [1.82, 2.24) is 19.9 Å². The Kier molecular flexibility index (Phi) is 9.13. The number of aromatic nitrogens is 4. The van der Waals surface area contributed by atoms with E-state index in [2.05, 4.69) is 19.9 Å². The molecule has 0 aliphatic carbocycles. The SMILES string of the molecule is Cc1nc(N)nc(N)c1-c1cc(Cl)cc(Cl)c1Cl.Nc1ncc(-c2cc(Cl)c([N+](=O)[O-])c(Cl)c2Cl)c(N)n1. The molecule has 0 saturated heterocycles. The number of benzene rings is 2. The number of nitrogens with two attached hydrogens (primary N) is 4. The van der Waals surface area contributed by atoms with Crippen LogP contribution in [0.2, 0.25) is 30.1 Å². The molecule has 4 rings (SSSR count). The minimum absolute atomic E-state index is 0.0125. The number of hydrogen-bond donors (Lipinski definition) is 4. The molecule has 11 nitrogen and oxygen atoms in total. The maximum Gasteiger partial charge on any atom is 0.307 e. The van der Waals surface area contributed by atoms with Crippen LogP contribution >= 0.6 is 69.6 Å². The molecule has 0 atom stereocenters. The zero-order chi connectivity index (χ0) is 28.5. The third-order valence-corrected chi connectivity index (χ3v) is 7.01. The first-order valence-electron chi connectivity index (χ1n) is 9.97. The molecule has 4 aromatic rings. The molecule has 198 valence electrons. The molecule has 0 radical (unpaired) electrons. The van der Waals surface area contributed by atoms with E-state index in [4.69, 9.17) is 92.5 Å². The Bertz CT molecular complexity index is 1560. The minimum Gasteiger partial charge on any atom is -0.383 e. The van der Waals surface area contributed by atoms with Crippen molar-refractivity contribution < 1.29 is 4.92 Å². The van der Waals surface area contributed by atoms with Crippen LogP contribution in [0, 0.1) is 17.0 Å². The maximum absolute atomic E-state index is 10.9. The van der Waals surface area contributed by atoms with Gasteiger partial charge in [0, 0.05) is 33.5 Å². The van der Waals surface area contributed by atoms with Crippen molar-refractivity contribution in [3.8, 4) is 22.3 Å². The minimum atomic E-state index is -0.719. The van der Waals surface area contributed by atoms with Gasteiger partial charge in [0.2, 0.25) is 11.9 Å². The average molecular weight is 638 g/mol. The number of rotatable bonds is 3. The van der Waals surface area contributed by atoms with Gasteiger partial charge in [0.25, 0.3) is 0 Å². The van der Waals surface area contributed by atoms with E-state index in [-0.39, 0.29) is 44.2 Å². The van der Waals surface area contributed by atoms with Crippen LogP contribution in [0.1, 0.15) is 5.69 Å². The summed E-state index contributed by atoms with van der Waals surface area (Å²) >= 11 is 35.8. The molecule has 0 bridgehead atoms. The summed E-state index contributed by atoms with van der Waals surface area (Å²) in [5.74, 6) is 0.389. The van der Waals surface area contributed by atoms with Crippen LogP contribution in [-0.2, 0) is 0 Å². The van der Waals surface area contributed by atoms with Crippen molar-refractivity contribution in [3.63, 3.8) is 0 Å². The van der Waals surface area contributed by atoms with Gasteiger partial charge >= 0.3 is 5.69 Å². The van der Waals surface area contributed by atoms with E-state index in [1.54, 1.807) is 19.1 Å². The maximum atomic E-state index is 10.9. The van der Waals surface area contributed by atoms with Crippen LogP contribution in [0.5, 0.6) is 0 Å². The quantitative estimate of drug-likeness (QED) is 0.106. The fourth-order valence-electron chi connectivity index (χ4n) is 3.25. The average Bonchev–Trinajstić information content (AvgIpc) is 2.79. The highest BCUT2D eigenvalue weighted by molar-refractivity contribution is 6.47. The fourth-order valence-corrected chi connectivity index (χ4v) is 4.79. The summed E-state index contributed by atoms with van der Waals surface area (Å²) in [5.41, 5.74) is 24.4. The summed E-state index contributed by atoms with van der Waals surface area (Å²) in [6.07, 6.45) is 1.33. The van der Waals surface area contributed by atoms with Gasteiger partial charge in [-0.05, 0) is 25.1 Å². The number of nitrogens with zero attached hydrogens (tertiary/aromatic N) is 5. The predicted molar refractivity (Wildman–Crippen MR) is 154 cm³/mol. The van der Waals surface area contributed by atoms with Gasteiger partial charge in [0.15, 0.2) is 0 Å². The summed E-state index contributed by atoms with van der Waals surface area (Å²) in [6.45, 7) is 1.76. The van der Waals surface area contributed by atoms with Gasteiger partial charge < -0.3 is 22.9 Å². The molecule has 0 aliphatic rings. The first-order chi connectivity index (χ1) is 17.7. The van der Waals surface area contributed by atoms with Gasteiger partial charge in [0.05, 0.1) is 25.7 Å². The molecule has 8 N–H and O–H groups in total. The Hall–Kier alpha value is -3.06. The summed E-state index contributed by atoms with van der Waals surface area (Å²) in [6, 6.07) is 4.49. The van der Waals surface area contributed by atoms with Gasteiger partial charge in [-0.15, -0.1) is 0 Å². The third-order valence-electron chi connectivity index (χ3n) is 4.84. The van der Waals surface area contributed by atoms with Crippen LogP contribution in [-0.4, -0.2) is 24.9 Å². The Morgan fingerprint density at radius 3 is 1.95 bits per heavy atom. The Morgan fingerprint density at radius 2 is 1.37 bits per heavy atom. The predicted octanol–water partition coefficient (Wildman–Crippen LogP) is 6.75. The topological polar surface area (TPSA) is 199 Å². The number of nitro benzene ring substituents is 1. The van der Waals surface area contributed by atoms with Gasteiger partial charge in [-0.2, -0.15) is 9.97 Å². The number of nitrogen functional groups attached to an aromatic ring is 4. The Morgan fingerprint density at radius 1 is 0.737 bits per heavy atom. The number of hydrogen-bond acceptors (Lipinski definition) is 10. The van der Waals surface area contributed by atoms with Crippen molar-refractivity contribution >= 4 is 98.8 Å². The van der Waals surface area contributed by atoms with Gasteiger partial charge in [-0.1, -0.05) is 69.6 Å². The van der Waals surface area contributed by atoms with Crippen molar-refractivity contribution in [2.45, 2.75) is 6.92 Å². The highest BCUT2D eigenvalue weighted by Gasteiger charge is 2.25. The second-order valence-corrected chi connectivity index (χ2v) is 9.73. The van der Waals surface area contributed by atoms with E-state index in [1.165, 1.54) is 12.3 Å². The molecule has 0 saturated carbocycles. The van der Waals surface area contributed by atoms with Crippen molar-refractivity contribution in [3.05, 3.63) is 70.3 Å². The zero-order valence-electron chi connectivity index (χ0n) is 18.9. The van der Waals surface area contributed by atoms with Crippen molar-refractivity contribution in [2.75, 3.05) is 22.9 Å². The fraction of sp³-hybridized carbons (Fsp3) is 0.0476. The van der Waals surface area contributed by atoms with Crippen molar-refractivity contribution in [1.29, 1.82) is 0 Å². The normalized spacial score (nSPS) is 10.6. The molecular weight excluding hydrogens is 623 g/mol. The van der Waals surface area contributed by atoms with Crippen LogP contribution in [0.25, 0.3) is 22.3 Å². The van der Waals surface area contributed by atoms with Gasteiger partial charge in [0.1, 0.15) is 21.7 Å². The van der Waals surface area contributed by atoms with E-state index < -0.39 is 10.6 Å². The molecule has 0 aliphatic heterocycles. The van der Waals surface area contributed by atoms with Crippen LogP contribution in [0.3, 0.4) is 0 Å². The summed E-state index contributed by atoms with van der Waals surface area (Å²) in [5, 5.41) is 11.5. The van der Waals surface area contributed by atoms with E-state index in [0.29, 0.717) is 37.5 Å². The van der Waals surface area contributed by atoms with Crippen LogP contribution < -0.4 is 22.9 Å². The molecule has 38 heavy (non-hydrogen) atoms. The van der Waals surface area contributed by atoms with E-state index in [0.717, 1.165) is 0 Å². The number of aryl methyl sites for hydroxylation is 1. The highest BCUT2D eigenvalue weighted by atomic mass is 35.5. The molecule has 2 aromatic carbocycles. The number of nitro groups is 1. The van der Waals surface area contributed by atoms with Crippen LogP contribution in [0.4, 0.5) is 29.2 Å². The second-order valence-electron chi connectivity index (χ2n) is 7.34. The lowest BCUT2D eigenvalue weighted by atomic mass is 10.0. The molecule has 0 spiro atoms. The lowest BCUT2D eigenvalue weighted by molar-refractivity contribution is -0.384. The molecule has 0 amide bonds. The van der Waals surface area contributed by atoms with E-state index in [9.17, 15) is 10.1 Å². The second kappa shape index (κ2) is 11.8. The Labute approximate surface area is 245 Å². The zero-order valence-corrected chi connectivity index (χ0v) is 23.5. The molecule has 2 aromatic heterocycles. The van der Waals surface area contributed by atoms with Crippen LogP contribution in [0.15, 0.2) is 24.4 Å². The molecular formula is C21H15Cl6N9O2. The summed E-state index contributed by atoms with van der Waals surface area (Å²) in [7, 11) is 0. The highest BCUT2D eigenvalue weighted by Crippen LogP contribution is 2.45. The van der Waals surface area contributed by atoms with Gasteiger partial charge in [-0.3, -0.25) is 10.1 Å². The molecule has 0 fully saturated rings. The third kappa shape index (κ3) is 6.15. The van der Waals surface area contributed by atoms with Gasteiger partial charge in [-0.25, -0.2) is 9.97 Å².